The standard InChI is InChI=1S/C21H29NO7S/c1-26-18-8-6-16(20(12-18)28-3)14-22(30(24,25)11-5-10-23)15-17-7-9-19(27-2)13-21(17)29-4/h6-9,12-13,23H,5,10-11,14-15H2,1-4H3. The molecular weight excluding hydrogens is 410 g/mol. The lowest BCUT2D eigenvalue weighted by Crippen LogP contribution is -2.32. The van der Waals surface area contributed by atoms with Crippen LogP contribution in [0, 0.1) is 0 Å². The van der Waals surface area contributed by atoms with Gasteiger partial charge in [0.1, 0.15) is 23.0 Å². The molecule has 0 atom stereocenters. The molecule has 0 spiro atoms. The molecule has 0 aliphatic carbocycles. The second-order valence-electron chi connectivity index (χ2n) is 6.52. The number of hydrogen-bond donors (Lipinski definition) is 1. The molecule has 0 radical (unpaired) electrons. The second kappa shape index (κ2) is 11.1. The zero-order chi connectivity index (χ0) is 22.1. The van der Waals surface area contributed by atoms with Gasteiger partial charge in [-0.1, -0.05) is 12.1 Å². The van der Waals surface area contributed by atoms with E-state index in [0.717, 1.165) is 0 Å². The van der Waals surface area contributed by atoms with Gasteiger partial charge < -0.3 is 24.1 Å². The van der Waals surface area contributed by atoms with Crippen molar-refractivity contribution in [3.63, 3.8) is 0 Å². The molecule has 2 aromatic rings. The van der Waals surface area contributed by atoms with E-state index in [9.17, 15) is 8.42 Å². The van der Waals surface area contributed by atoms with Crippen LogP contribution in [0.2, 0.25) is 0 Å². The Hall–Kier alpha value is -2.49. The summed E-state index contributed by atoms with van der Waals surface area (Å²) in [6, 6.07) is 10.5. The monoisotopic (exact) mass is 439 g/mol. The van der Waals surface area contributed by atoms with Crippen LogP contribution in [-0.2, 0) is 23.1 Å². The fourth-order valence-corrected chi connectivity index (χ4v) is 4.40. The van der Waals surface area contributed by atoms with Crippen molar-refractivity contribution in [1.29, 1.82) is 0 Å². The smallest absolute Gasteiger partial charge is 0.214 e. The summed E-state index contributed by atoms with van der Waals surface area (Å²) < 4.78 is 48.7. The first-order valence-corrected chi connectivity index (χ1v) is 11.0. The van der Waals surface area contributed by atoms with Gasteiger partial charge in [0.15, 0.2) is 0 Å². The largest absolute Gasteiger partial charge is 0.497 e. The van der Waals surface area contributed by atoms with Crippen molar-refractivity contribution in [2.75, 3.05) is 40.8 Å². The fourth-order valence-electron chi connectivity index (χ4n) is 2.97. The van der Waals surface area contributed by atoms with E-state index in [1.807, 2.05) is 0 Å². The summed E-state index contributed by atoms with van der Waals surface area (Å²) in [5, 5.41) is 9.12. The van der Waals surface area contributed by atoms with Crippen molar-refractivity contribution in [2.45, 2.75) is 19.5 Å². The van der Waals surface area contributed by atoms with Crippen molar-refractivity contribution in [3.05, 3.63) is 47.5 Å². The third kappa shape index (κ3) is 6.01. The van der Waals surface area contributed by atoms with E-state index >= 15 is 0 Å². The third-order valence-electron chi connectivity index (χ3n) is 4.64. The van der Waals surface area contributed by atoms with Gasteiger partial charge in [0, 0.05) is 43.0 Å². The first kappa shape index (κ1) is 23.8. The van der Waals surface area contributed by atoms with Gasteiger partial charge in [-0.05, 0) is 18.6 Å². The van der Waals surface area contributed by atoms with Crippen LogP contribution in [0.5, 0.6) is 23.0 Å². The topological polar surface area (TPSA) is 94.5 Å². The Bertz CT molecular complexity index is 873. The van der Waals surface area contributed by atoms with Gasteiger partial charge >= 0.3 is 0 Å². The molecular formula is C21H29NO7S. The number of nitrogens with zero attached hydrogens (tertiary/aromatic N) is 1. The molecule has 1 N–H and O–H groups in total. The van der Waals surface area contributed by atoms with Crippen LogP contribution in [0.3, 0.4) is 0 Å². The first-order chi connectivity index (χ1) is 14.4. The van der Waals surface area contributed by atoms with E-state index in [0.29, 0.717) is 34.1 Å². The molecule has 0 saturated heterocycles. The molecule has 0 aliphatic heterocycles. The Kier molecular flexibility index (Phi) is 8.76. The Labute approximate surface area is 178 Å². The third-order valence-corrected chi connectivity index (χ3v) is 6.49. The van der Waals surface area contributed by atoms with Gasteiger partial charge in [-0.3, -0.25) is 0 Å². The predicted molar refractivity (Wildman–Crippen MR) is 114 cm³/mol. The average Bonchev–Trinajstić information content (AvgIpc) is 2.77. The van der Waals surface area contributed by atoms with Gasteiger partial charge in [-0.25, -0.2) is 8.42 Å². The lowest BCUT2D eigenvalue weighted by atomic mass is 10.1. The Balaban J connectivity index is 2.42. The highest BCUT2D eigenvalue weighted by Crippen LogP contribution is 2.30. The van der Waals surface area contributed by atoms with E-state index in [1.165, 1.54) is 18.5 Å². The Morgan fingerprint density at radius 1 is 0.800 bits per heavy atom. The number of aliphatic hydroxyl groups excluding tert-OH is 1. The predicted octanol–water partition coefficient (Wildman–Crippen LogP) is 2.44. The highest BCUT2D eigenvalue weighted by atomic mass is 32.2. The van der Waals surface area contributed by atoms with Gasteiger partial charge in [0.25, 0.3) is 0 Å². The minimum absolute atomic E-state index is 0.0934. The van der Waals surface area contributed by atoms with Crippen molar-refractivity contribution >= 4 is 10.0 Å². The number of hydrogen-bond acceptors (Lipinski definition) is 7. The van der Waals surface area contributed by atoms with Crippen molar-refractivity contribution < 1.29 is 32.5 Å². The molecule has 0 saturated carbocycles. The molecule has 0 unspecified atom stereocenters. The van der Waals surface area contributed by atoms with Crippen LogP contribution in [-0.4, -0.2) is 58.6 Å². The van der Waals surface area contributed by atoms with Crippen LogP contribution >= 0.6 is 0 Å². The number of rotatable bonds is 12. The summed E-state index contributed by atoms with van der Waals surface area (Å²) in [6.07, 6.45) is 0.151. The lowest BCUT2D eigenvalue weighted by molar-refractivity contribution is 0.293. The number of aliphatic hydroxyl groups is 1. The summed E-state index contributed by atoms with van der Waals surface area (Å²) >= 11 is 0. The summed E-state index contributed by atoms with van der Waals surface area (Å²) in [5.41, 5.74) is 1.39. The van der Waals surface area contributed by atoms with Crippen molar-refractivity contribution in [2.24, 2.45) is 0 Å². The summed E-state index contributed by atoms with van der Waals surface area (Å²) in [6.45, 7) is -0.0169. The molecule has 0 bridgehead atoms. The molecule has 166 valence electrons. The van der Waals surface area contributed by atoms with Crippen LogP contribution in [0.25, 0.3) is 0 Å². The zero-order valence-corrected chi connectivity index (χ0v) is 18.6. The molecule has 0 heterocycles. The molecule has 0 fully saturated rings. The maximum absolute atomic E-state index is 13.0. The number of sulfonamides is 1. The summed E-state index contributed by atoms with van der Waals surface area (Å²) in [4.78, 5) is 0. The normalized spacial score (nSPS) is 11.4. The molecule has 8 nitrogen and oxygen atoms in total. The first-order valence-electron chi connectivity index (χ1n) is 9.39. The van der Waals surface area contributed by atoms with Crippen LogP contribution in [0.1, 0.15) is 17.5 Å². The number of benzene rings is 2. The minimum atomic E-state index is -3.66. The SMILES string of the molecule is COc1ccc(CN(Cc2ccc(OC)cc2OC)S(=O)(=O)CCCO)c(OC)c1. The van der Waals surface area contributed by atoms with E-state index < -0.39 is 10.0 Å². The van der Waals surface area contributed by atoms with E-state index in [-0.39, 0.29) is 31.9 Å². The highest BCUT2D eigenvalue weighted by molar-refractivity contribution is 7.89. The molecule has 2 aromatic carbocycles. The Morgan fingerprint density at radius 2 is 1.27 bits per heavy atom. The second-order valence-corrected chi connectivity index (χ2v) is 8.61. The van der Waals surface area contributed by atoms with Crippen molar-refractivity contribution in [3.8, 4) is 23.0 Å². The van der Waals surface area contributed by atoms with Crippen LogP contribution in [0.15, 0.2) is 36.4 Å². The van der Waals surface area contributed by atoms with E-state index in [1.54, 1.807) is 50.6 Å². The molecule has 0 aliphatic rings. The molecule has 9 heteroatoms. The maximum Gasteiger partial charge on any atom is 0.214 e. The van der Waals surface area contributed by atoms with Gasteiger partial charge in [0.2, 0.25) is 10.0 Å². The minimum Gasteiger partial charge on any atom is -0.497 e. The fraction of sp³-hybridized carbons (Fsp3) is 0.429. The zero-order valence-electron chi connectivity index (χ0n) is 17.8. The summed E-state index contributed by atoms with van der Waals surface area (Å²) in [5.74, 6) is 2.11. The average molecular weight is 440 g/mol. The molecule has 0 aromatic heterocycles. The Morgan fingerprint density at radius 3 is 1.63 bits per heavy atom. The van der Waals surface area contributed by atoms with E-state index in [2.05, 4.69) is 0 Å². The molecule has 2 rings (SSSR count). The van der Waals surface area contributed by atoms with Crippen molar-refractivity contribution in [1.82, 2.24) is 4.31 Å². The highest BCUT2D eigenvalue weighted by Gasteiger charge is 2.25. The summed E-state index contributed by atoms with van der Waals surface area (Å²) in [7, 11) is 2.49. The maximum atomic E-state index is 13.0. The van der Waals surface area contributed by atoms with E-state index in [4.69, 9.17) is 24.1 Å². The van der Waals surface area contributed by atoms with Gasteiger partial charge in [0.05, 0.1) is 34.2 Å². The molecule has 30 heavy (non-hydrogen) atoms. The number of ether oxygens (including phenoxy) is 4. The number of methoxy groups -OCH3 is 4. The molecule has 0 amide bonds. The van der Waals surface area contributed by atoms with Crippen LogP contribution < -0.4 is 18.9 Å². The quantitative estimate of drug-likeness (QED) is 0.543. The lowest BCUT2D eigenvalue weighted by Gasteiger charge is -2.24. The van der Waals surface area contributed by atoms with Gasteiger partial charge in [-0.2, -0.15) is 4.31 Å². The van der Waals surface area contributed by atoms with Gasteiger partial charge in [-0.15, -0.1) is 0 Å². The van der Waals surface area contributed by atoms with Crippen LogP contribution in [0.4, 0.5) is 0 Å².